The second kappa shape index (κ2) is 5.13. The highest BCUT2D eigenvalue weighted by atomic mass is 16.6. The Morgan fingerprint density at radius 3 is 2.66 bits per heavy atom. The third-order valence-corrected chi connectivity index (χ3v) is 10.1. The molecule has 2 unspecified atom stereocenters. The Balaban J connectivity index is 1.49. The molecule has 6 aliphatic rings. The van der Waals surface area contributed by atoms with Crippen LogP contribution < -0.4 is 5.73 Å². The number of epoxide rings is 1. The number of ketones is 1. The van der Waals surface area contributed by atoms with Gasteiger partial charge in [0, 0.05) is 35.5 Å². The quantitative estimate of drug-likeness (QED) is 0.539. The lowest BCUT2D eigenvalue weighted by Gasteiger charge is -2.58. The number of nitrogens with two attached hydrogens (primary N) is 1. The molecular formula is C23H29NO5. The highest BCUT2D eigenvalue weighted by molar-refractivity contribution is 5.92. The van der Waals surface area contributed by atoms with Crippen molar-refractivity contribution < 1.29 is 23.9 Å². The van der Waals surface area contributed by atoms with Gasteiger partial charge in [-0.15, -0.1) is 0 Å². The summed E-state index contributed by atoms with van der Waals surface area (Å²) in [4.78, 5) is 36.9. The topological polar surface area (TPSA) is 99.0 Å². The van der Waals surface area contributed by atoms with E-state index in [0.29, 0.717) is 19.3 Å². The van der Waals surface area contributed by atoms with Crippen LogP contribution in [0.5, 0.6) is 0 Å². The molecule has 0 bridgehead atoms. The van der Waals surface area contributed by atoms with Crippen molar-refractivity contribution in [3.05, 3.63) is 11.6 Å². The summed E-state index contributed by atoms with van der Waals surface area (Å²) in [6, 6.07) is 0. The van der Waals surface area contributed by atoms with Crippen LogP contribution in [0.15, 0.2) is 11.6 Å². The van der Waals surface area contributed by atoms with E-state index >= 15 is 0 Å². The van der Waals surface area contributed by atoms with Crippen LogP contribution in [0.4, 0.5) is 0 Å². The molecule has 29 heavy (non-hydrogen) atoms. The molecule has 2 saturated heterocycles. The summed E-state index contributed by atoms with van der Waals surface area (Å²) in [5.41, 5.74) is 5.77. The molecule has 0 aromatic heterocycles. The molecule has 2 aliphatic heterocycles. The maximum absolute atomic E-state index is 12.7. The SMILES string of the molecule is C[C@]12CCC(=O)C=C1C[C@@H](C(N)=O)C1C3CC[C@@]4(CCC(=O)O4)[C@@]3(C)C[C@H]3O[C@@]132. The van der Waals surface area contributed by atoms with Gasteiger partial charge in [0.15, 0.2) is 5.78 Å². The van der Waals surface area contributed by atoms with E-state index in [0.717, 1.165) is 37.7 Å². The average Bonchev–Trinajstić information content (AvgIpc) is 3.14. The van der Waals surface area contributed by atoms with Crippen LogP contribution in [0.1, 0.15) is 65.2 Å². The fourth-order valence-corrected chi connectivity index (χ4v) is 8.58. The molecule has 2 N–H and O–H groups in total. The monoisotopic (exact) mass is 399 g/mol. The number of amides is 1. The highest BCUT2D eigenvalue weighted by Gasteiger charge is 2.83. The van der Waals surface area contributed by atoms with E-state index in [4.69, 9.17) is 15.2 Å². The van der Waals surface area contributed by atoms with Gasteiger partial charge in [0.05, 0.1) is 6.10 Å². The van der Waals surface area contributed by atoms with Crippen molar-refractivity contribution in [1.82, 2.24) is 0 Å². The van der Waals surface area contributed by atoms with Crippen LogP contribution in [-0.2, 0) is 23.9 Å². The minimum atomic E-state index is -0.422. The van der Waals surface area contributed by atoms with Crippen molar-refractivity contribution in [2.24, 2.45) is 34.3 Å². The zero-order valence-corrected chi connectivity index (χ0v) is 17.2. The third kappa shape index (κ3) is 1.86. The molecule has 8 atom stereocenters. The number of rotatable bonds is 1. The number of fused-ring (bicyclic) bond motifs is 4. The van der Waals surface area contributed by atoms with Gasteiger partial charge in [-0.1, -0.05) is 19.4 Å². The molecule has 2 heterocycles. The van der Waals surface area contributed by atoms with E-state index in [1.54, 1.807) is 6.08 Å². The van der Waals surface area contributed by atoms with Gasteiger partial charge in [-0.25, -0.2) is 0 Å². The molecule has 6 heteroatoms. The first-order valence-corrected chi connectivity index (χ1v) is 11.1. The van der Waals surface area contributed by atoms with Crippen LogP contribution >= 0.6 is 0 Å². The summed E-state index contributed by atoms with van der Waals surface area (Å²) in [7, 11) is 0. The standard InChI is InChI=1S/C23H29NO5/c1-20-6-3-13(25)9-12(20)10-14(19(24)27)18-15-4-7-22(8-5-17(26)29-22)21(15,2)11-16-23(18,20)28-16/h9,14-16,18H,3-8,10-11H2,1-2H3,(H2,24,27)/t14-,15?,16-,18?,20+,21+,22-,23-/m1/s1. The highest BCUT2D eigenvalue weighted by Crippen LogP contribution is 2.78. The zero-order chi connectivity index (χ0) is 20.4. The predicted octanol–water partition coefficient (Wildman–Crippen LogP) is 2.44. The number of hydrogen-bond acceptors (Lipinski definition) is 5. The van der Waals surface area contributed by atoms with Gasteiger partial charge in [-0.2, -0.15) is 0 Å². The molecular weight excluding hydrogens is 370 g/mol. The lowest BCUT2D eigenvalue weighted by Crippen LogP contribution is -2.63. The van der Waals surface area contributed by atoms with Crippen molar-refractivity contribution >= 4 is 17.7 Å². The average molecular weight is 399 g/mol. The van der Waals surface area contributed by atoms with Gasteiger partial charge in [0.2, 0.25) is 5.91 Å². The summed E-state index contributed by atoms with van der Waals surface area (Å²) >= 11 is 0. The molecule has 0 aromatic carbocycles. The smallest absolute Gasteiger partial charge is 0.306 e. The zero-order valence-electron chi connectivity index (χ0n) is 17.2. The van der Waals surface area contributed by atoms with Crippen LogP contribution in [-0.4, -0.2) is 35.0 Å². The first kappa shape index (κ1) is 18.1. The molecule has 4 aliphatic carbocycles. The van der Waals surface area contributed by atoms with Crippen molar-refractivity contribution in [2.75, 3.05) is 0 Å². The van der Waals surface area contributed by atoms with Crippen LogP contribution in [0, 0.1) is 28.6 Å². The van der Waals surface area contributed by atoms with E-state index in [1.165, 1.54) is 0 Å². The lowest BCUT2D eigenvalue weighted by molar-refractivity contribution is -0.167. The van der Waals surface area contributed by atoms with Crippen LogP contribution in [0.3, 0.4) is 0 Å². The fraction of sp³-hybridized carbons (Fsp3) is 0.783. The van der Waals surface area contributed by atoms with Gasteiger partial charge in [-0.3, -0.25) is 14.4 Å². The summed E-state index contributed by atoms with van der Waals surface area (Å²) in [6.07, 6.45) is 7.57. The van der Waals surface area contributed by atoms with Crippen molar-refractivity contribution in [3.63, 3.8) is 0 Å². The Hall–Kier alpha value is -1.69. The number of carbonyl (C=O) groups is 3. The minimum Gasteiger partial charge on any atom is -0.458 e. The largest absolute Gasteiger partial charge is 0.458 e. The molecule has 6 nitrogen and oxygen atoms in total. The minimum absolute atomic E-state index is 0.0257. The van der Waals surface area contributed by atoms with E-state index in [9.17, 15) is 14.4 Å². The Bertz CT molecular complexity index is 896. The number of esters is 1. The van der Waals surface area contributed by atoms with Crippen LogP contribution in [0.2, 0.25) is 0 Å². The Kier molecular flexibility index (Phi) is 3.20. The fourth-order valence-electron chi connectivity index (χ4n) is 8.58. The second-order valence-electron chi connectivity index (χ2n) is 10.8. The first-order chi connectivity index (χ1) is 13.7. The second-order valence-corrected chi connectivity index (χ2v) is 10.8. The molecule has 0 radical (unpaired) electrons. The molecule has 6 rings (SSSR count). The van der Waals surface area contributed by atoms with E-state index in [1.807, 2.05) is 0 Å². The molecule has 2 spiro atoms. The summed E-state index contributed by atoms with van der Waals surface area (Å²) in [6.45, 7) is 4.49. The molecule has 5 fully saturated rings. The van der Waals surface area contributed by atoms with E-state index < -0.39 is 11.2 Å². The van der Waals surface area contributed by atoms with Crippen molar-refractivity contribution in [3.8, 4) is 0 Å². The summed E-state index contributed by atoms with van der Waals surface area (Å²) in [5.74, 6) is -0.316. The molecule has 156 valence electrons. The number of hydrogen-bond donors (Lipinski definition) is 1. The third-order valence-electron chi connectivity index (χ3n) is 10.1. The van der Waals surface area contributed by atoms with Gasteiger partial charge in [-0.05, 0) is 50.5 Å². The molecule has 0 aromatic rings. The van der Waals surface area contributed by atoms with Gasteiger partial charge < -0.3 is 15.2 Å². The summed E-state index contributed by atoms with van der Waals surface area (Å²) in [5, 5.41) is 0. The predicted molar refractivity (Wildman–Crippen MR) is 102 cm³/mol. The maximum Gasteiger partial charge on any atom is 0.306 e. The van der Waals surface area contributed by atoms with Crippen LogP contribution in [0.25, 0.3) is 0 Å². The summed E-state index contributed by atoms with van der Waals surface area (Å²) < 4.78 is 12.6. The number of ether oxygens (including phenoxy) is 2. The van der Waals surface area contributed by atoms with Gasteiger partial charge in [0.25, 0.3) is 0 Å². The maximum atomic E-state index is 12.7. The van der Waals surface area contributed by atoms with Gasteiger partial charge >= 0.3 is 5.97 Å². The Morgan fingerprint density at radius 2 is 1.97 bits per heavy atom. The number of primary amides is 1. The Labute approximate surface area is 170 Å². The van der Waals surface area contributed by atoms with Crippen molar-refractivity contribution in [1.29, 1.82) is 0 Å². The Morgan fingerprint density at radius 1 is 1.17 bits per heavy atom. The normalized spacial score (nSPS) is 54.8. The van der Waals surface area contributed by atoms with E-state index in [2.05, 4.69) is 13.8 Å². The van der Waals surface area contributed by atoms with E-state index in [-0.39, 0.29) is 52.3 Å². The number of carbonyl (C=O) groups excluding carboxylic acids is 3. The molecule has 1 amide bonds. The molecule has 3 saturated carbocycles. The van der Waals surface area contributed by atoms with Crippen molar-refractivity contribution in [2.45, 2.75) is 82.5 Å². The first-order valence-electron chi connectivity index (χ1n) is 11.1. The lowest BCUT2D eigenvalue weighted by atomic mass is 9.43. The van der Waals surface area contributed by atoms with Gasteiger partial charge in [0.1, 0.15) is 11.2 Å².